The van der Waals surface area contributed by atoms with E-state index in [1.54, 1.807) is 17.1 Å². The van der Waals surface area contributed by atoms with Crippen molar-refractivity contribution >= 4 is 12.1 Å². The van der Waals surface area contributed by atoms with Crippen molar-refractivity contribution in [3.8, 4) is 0 Å². The van der Waals surface area contributed by atoms with Gasteiger partial charge in [0.05, 0.1) is 6.54 Å². The van der Waals surface area contributed by atoms with Crippen molar-refractivity contribution in [2.24, 2.45) is 0 Å². The fourth-order valence-electron chi connectivity index (χ4n) is 2.32. The van der Waals surface area contributed by atoms with E-state index in [2.05, 4.69) is 20.1 Å². The summed E-state index contributed by atoms with van der Waals surface area (Å²) in [5.74, 6) is 0. The van der Waals surface area contributed by atoms with Crippen LogP contribution in [0.15, 0.2) is 25.3 Å². The van der Waals surface area contributed by atoms with E-state index in [0.29, 0.717) is 13.1 Å². The number of ether oxygens (including phenoxy) is 1. The molecule has 0 radical (unpaired) electrons. The number of carbonyl (C=O) groups excluding carboxylic acids is 2. The molecule has 0 aromatic rings. The summed E-state index contributed by atoms with van der Waals surface area (Å²) in [6, 6.07) is -0.649. The van der Waals surface area contributed by atoms with Gasteiger partial charge in [0.25, 0.3) is 0 Å². The predicted octanol–water partition coefficient (Wildman–Crippen LogP) is 2.00. The van der Waals surface area contributed by atoms with Gasteiger partial charge < -0.3 is 4.74 Å². The highest BCUT2D eigenvalue weighted by molar-refractivity contribution is 5.95. The molecule has 4 amide bonds. The van der Waals surface area contributed by atoms with E-state index in [9.17, 15) is 9.59 Å². The van der Waals surface area contributed by atoms with Gasteiger partial charge in [0.2, 0.25) is 0 Å². The van der Waals surface area contributed by atoms with Gasteiger partial charge in [0.15, 0.2) is 12.5 Å². The molecule has 2 atom stereocenters. The largest absolute Gasteiger partial charge is 0.330 e. The third kappa shape index (κ3) is 2.56. The highest BCUT2D eigenvalue weighted by atomic mass is 16.6. The second kappa shape index (κ2) is 6.09. The second-order valence-corrected chi connectivity index (χ2v) is 4.87. The molecule has 2 heterocycles. The molecule has 0 N–H and O–H groups in total. The first-order chi connectivity index (χ1) is 9.65. The van der Waals surface area contributed by atoms with Gasteiger partial charge in [0.1, 0.15) is 0 Å². The van der Waals surface area contributed by atoms with Crippen molar-refractivity contribution in [3.63, 3.8) is 0 Å². The Hall–Kier alpha value is -1.82. The maximum Gasteiger partial charge on any atom is 0.330 e. The molecule has 2 unspecified atom stereocenters. The Morgan fingerprint density at radius 1 is 1.10 bits per heavy atom. The average Bonchev–Trinajstić information content (AvgIpc) is 3.21. The lowest BCUT2D eigenvalue weighted by atomic mass is 10.3. The normalized spacial score (nSPS) is 25.4. The van der Waals surface area contributed by atoms with Crippen molar-refractivity contribution in [3.05, 3.63) is 25.3 Å². The number of amides is 4. The molecular formula is C14H21N3O3. The van der Waals surface area contributed by atoms with E-state index in [1.807, 2.05) is 0 Å². The smallest absolute Gasteiger partial charge is 0.325 e. The summed E-state index contributed by atoms with van der Waals surface area (Å²) in [6.07, 6.45) is 4.37. The average molecular weight is 279 g/mol. The van der Waals surface area contributed by atoms with Gasteiger partial charge in [-0.1, -0.05) is 25.5 Å². The number of fused-ring (bicyclic) bond motifs is 1. The molecule has 2 rings (SSSR count). The monoisotopic (exact) mass is 279 g/mol. The number of epoxide rings is 1. The van der Waals surface area contributed by atoms with E-state index in [1.165, 1.54) is 9.80 Å². The highest BCUT2D eigenvalue weighted by Gasteiger charge is 2.55. The first kappa shape index (κ1) is 14.6. The van der Waals surface area contributed by atoms with Crippen LogP contribution >= 0.6 is 0 Å². The Bertz CT molecular complexity index is 424. The van der Waals surface area contributed by atoms with Gasteiger partial charge in [-0.25, -0.2) is 14.5 Å². The molecule has 2 aliphatic heterocycles. The number of rotatable bonds is 7. The number of imide groups is 1. The van der Waals surface area contributed by atoms with Crippen molar-refractivity contribution in [1.82, 2.24) is 14.7 Å². The van der Waals surface area contributed by atoms with Crippen LogP contribution in [0.4, 0.5) is 9.59 Å². The number of urea groups is 2. The van der Waals surface area contributed by atoms with Crippen molar-refractivity contribution < 1.29 is 14.3 Å². The Morgan fingerprint density at radius 2 is 1.70 bits per heavy atom. The number of unbranched alkanes of at least 4 members (excludes halogenated alkanes) is 1. The molecule has 110 valence electrons. The molecule has 6 heteroatoms. The van der Waals surface area contributed by atoms with Crippen LogP contribution in [0, 0.1) is 0 Å². The summed E-state index contributed by atoms with van der Waals surface area (Å²) in [7, 11) is 0. The van der Waals surface area contributed by atoms with Crippen LogP contribution in [-0.4, -0.2) is 58.9 Å². The molecule has 2 saturated heterocycles. The lowest BCUT2D eigenvalue weighted by molar-refractivity contribution is 0.112. The van der Waals surface area contributed by atoms with Crippen LogP contribution in [-0.2, 0) is 4.74 Å². The first-order valence-electron chi connectivity index (χ1n) is 6.91. The minimum Gasteiger partial charge on any atom is -0.325 e. The summed E-state index contributed by atoms with van der Waals surface area (Å²) < 4.78 is 5.51. The van der Waals surface area contributed by atoms with E-state index >= 15 is 0 Å². The molecule has 0 aromatic carbocycles. The maximum absolute atomic E-state index is 12.5. The van der Waals surface area contributed by atoms with E-state index < -0.39 is 0 Å². The lowest BCUT2D eigenvalue weighted by Crippen LogP contribution is -2.49. The summed E-state index contributed by atoms with van der Waals surface area (Å²) in [5, 5.41) is 0. The van der Waals surface area contributed by atoms with Crippen LogP contribution < -0.4 is 0 Å². The third-order valence-electron chi connectivity index (χ3n) is 3.40. The topological polar surface area (TPSA) is 56.4 Å². The van der Waals surface area contributed by atoms with Crippen LogP contribution in [0.5, 0.6) is 0 Å². The van der Waals surface area contributed by atoms with Crippen molar-refractivity contribution in [1.29, 1.82) is 0 Å². The fourth-order valence-corrected chi connectivity index (χ4v) is 2.32. The van der Waals surface area contributed by atoms with Crippen molar-refractivity contribution in [2.75, 3.05) is 19.6 Å². The predicted molar refractivity (Wildman–Crippen MR) is 74.9 cm³/mol. The first-order valence-corrected chi connectivity index (χ1v) is 6.91. The zero-order valence-corrected chi connectivity index (χ0v) is 11.8. The molecule has 6 nitrogen and oxygen atoms in total. The summed E-state index contributed by atoms with van der Waals surface area (Å²) in [5.41, 5.74) is 0. The lowest BCUT2D eigenvalue weighted by Gasteiger charge is -2.27. The molecule has 0 aliphatic carbocycles. The van der Waals surface area contributed by atoms with Gasteiger partial charge in [0, 0.05) is 13.1 Å². The van der Waals surface area contributed by atoms with Gasteiger partial charge in [-0.2, -0.15) is 0 Å². The van der Waals surface area contributed by atoms with Gasteiger partial charge in [-0.3, -0.25) is 9.80 Å². The Kier molecular flexibility index (Phi) is 4.44. The SMILES string of the molecule is C=CCN1C(=O)N(CC=C)C2OC2N(CCCC)C1=O. The fraction of sp³-hybridized carbons (Fsp3) is 0.571. The van der Waals surface area contributed by atoms with E-state index in [0.717, 1.165) is 12.8 Å². The Balaban J connectivity index is 2.23. The van der Waals surface area contributed by atoms with Crippen LogP contribution in [0.1, 0.15) is 19.8 Å². The van der Waals surface area contributed by atoms with E-state index in [4.69, 9.17) is 4.74 Å². The molecule has 20 heavy (non-hydrogen) atoms. The third-order valence-corrected chi connectivity index (χ3v) is 3.40. The van der Waals surface area contributed by atoms with Gasteiger partial charge >= 0.3 is 12.1 Å². The summed E-state index contributed by atoms with van der Waals surface area (Å²) in [4.78, 5) is 29.3. The molecular weight excluding hydrogens is 258 g/mol. The summed E-state index contributed by atoms with van der Waals surface area (Å²) >= 11 is 0. The summed E-state index contributed by atoms with van der Waals surface area (Å²) in [6.45, 7) is 10.5. The van der Waals surface area contributed by atoms with Gasteiger partial charge in [-0.05, 0) is 6.42 Å². The minimum absolute atomic E-state index is 0.202. The standard InChI is InChI=1S/C14H21N3O3/c1-4-7-10-16-12-11(20-12)15(8-5-2)13(18)17(9-6-3)14(16)19/h5-6,11-12H,2-4,7-10H2,1H3. The van der Waals surface area contributed by atoms with Gasteiger partial charge in [-0.15, -0.1) is 13.2 Å². The quantitative estimate of drug-likeness (QED) is 0.529. The highest BCUT2D eigenvalue weighted by Crippen LogP contribution is 2.34. The number of hydrogen-bond acceptors (Lipinski definition) is 3. The zero-order chi connectivity index (χ0) is 14.7. The molecule has 2 fully saturated rings. The van der Waals surface area contributed by atoms with E-state index in [-0.39, 0.29) is 31.1 Å². The second-order valence-electron chi connectivity index (χ2n) is 4.87. The Labute approximate surface area is 119 Å². The Morgan fingerprint density at radius 3 is 2.30 bits per heavy atom. The zero-order valence-electron chi connectivity index (χ0n) is 11.8. The molecule has 0 saturated carbocycles. The molecule has 0 bridgehead atoms. The molecule has 0 aromatic heterocycles. The van der Waals surface area contributed by atoms with Crippen LogP contribution in [0.2, 0.25) is 0 Å². The van der Waals surface area contributed by atoms with Crippen LogP contribution in [0.25, 0.3) is 0 Å². The molecule has 2 aliphatic rings. The number of nitrogens with zero attached hydrogens (tertiary/aromatic N) is 3. The minimum atomic E-state index is -0.351. The number of carbonyl (C=O) groups is 2. The van der Waals surface area contributed by atoms with Crippen LogP contribution in [0.3, 0.4) is 0 Å². The van der Waals surface area contributed by atoms with Crippen molar-refractivity contribution in [2.45, 2.75) is 32.2 Å². The number of hydrogen-bond donors (Lipinski definition) is 0. The maximum atomic E-state index is 12.5. The molecule has 0 spiro atoms.